The van der Waals surface area contributed by atoms with Gasteiger partial charge >= 0.3 is 6.09 Å². The fourth-order valence-electron chi connectivity index (χ4n) is 1.68. The van der Waals surface area contributed by atoms with Crippen molar-refractivity contribution < 1.29 is 14.3 Å². The van der Waals surface area contributed by atoms with Gasteiger partial charge in [-0.3, -0.25) is 0 Å². The molecule has 19 heavy (non-hydrogen) atoms. The highest BCUT2D eigenvalue weighted by atomic mass is 16.6. The van der Waals surface area contributed by atoms with E-state index >= 15 is 0 Å². The Balaban J connectivity index is 2.55. The van der Waals surface area contributed by atoms with E-state index in [2.05, 4.69) is 0 Å². The maximum Gasteiger partial charge on any atom is 0.410 e. The van der Waals surface area contributed by atoms with Crippen molar-refractivity contribution in [3.63, 3.8) is 0 Å². The Labute approximate surface area is 113 Å². The number of hydrogen-bond donors (Lipinski definition) is 1. The smallest absolute Gasteiger partial charge is 0.410 e. The minimum absolute atomic E-state index is 0.0478. The molecule has 0 spiro atoms. The molecule has 0 aliphatic rings. The molecule has 0 saturated heterocycles. The van der Waals surface area contributed by atoms with Crippen LogP contribution < -0.4 is 5.73 Å². The molecular weight excluding hydrogens is 244 g/mol. The topological polar surface area (TPSA) is 72.6 Å². The molecule has 1 aromatic carbocycles. The van der Waals surface area contributed by atoms with Gasteiger partial charge in [0.25, 0.3) is 0 Å². The molecule has 0 aromatic heterocycles. The molecule has 1 atom stereocenters. The number of ether oxygens (including phenoxy) is 1. The highest BCUT2D eigenvalue weighted by Crippen LogP contribution is 2.11. The first-order valence-electron chi connectivity index (χ1n) is 6.15. The number of benzene rings is 1. The number of aldehydes is 1. The number of anilines is 1. The number of rotatable bonds is 5. The minimum atomic E-state index is -0.511. The van der Waals surface area contributed by atoms with Gasteiger partial charge in [-0.1, -0.05) is 26.0 Å². The monoisotopic (exact) mass is 264 g/mol. The van der Waals surface area contributed by atoms with Crippen molar-refractivity contribution in [1.82, 2.24) is 4.90 Å². The first kappa shape index (κ1) is 15.0. The van der Waals surface area contributed by atoms with Gasteiger partial charge in [-0.15, -0.1) is 0 Å². The molecular formula is C14H20N2O3. The van der Waals surface area contributed by atoms with Crippen LogP contribution in [0.1, 0.15) is 19.4 Å². The highest BCUT2D eigenvalue weighted by Gasteiger charge is 2.23. The molecule has 1 unspecified atom stereocenters. The molecule has 104 valence electrons. The number of nitrogens with two attached hydrogens (primary N) is 1. The lowest BCUT2D eigenvalue weighted by atomic mass is 10.1. The lowest BCUT2D eigenvalue weighted by molar-refractivity contribution is -0.112. The average molecular weight is 264 g/mol. The summed E-state index contributed by atoms with van der Waals surface area (Å²) in [7, 11) is 1.56. The maximum atomic E-state index is 11.8. The zero-order valence-electron chi connectivity index (χ0n) is 11.5. The van der Waals surface area contributed by atoms with Crippen LogP contribution in [0.3, 0.4) is 0 Å². The zero-order valence-corrected chi connectivity index (χ0v) is 11.5. The van der Waals surface area contributed by atoms with Gasteiger partial charge in [0.2, 0.25) is 0 Å². The van der Waals surface area contributed by atoms with E-state index in [1.165, 1.54) is 4.90 Å². The molecule has 0 saturated carbocycles. The highest BCUT2D eigenvalue weighted by molar-refractivity contribution is 5.73. The Morgan fingerprint density at radius 3 is 2.42 bits per heavy atom. The Bertz CT molecular complexity index is 429. The van der Waals surface area contributed by atoms with Gasteiger partial charge in [-0.2, -0.15) is 0 Å². The minimum Gasteiger partial charge on any atom is -0.445 e. The lowest BCUT2D eigenvalue weighted by Crippen LogP contribution is -2.41. The van der Waals surface area contributed by atoms with Crippen molar-refractivity contribution in [2.45, 2.75) is 26.5 Å². The third kappa shape index (κ3) is 4.28. The number of nitrogen functional groups attached to an aromatic ring is 1. The molecule has 0 fully saturated rings. The lowest BCUT2D eigenvalue weighted by Gasteiger charge is -2.25. The van der Waals surface area contributed by atoms with Crippen molar-refractivity contribution in [1.29, 1.82) is 0 Å². The molecule has 1 rings (SSSR count). The van der Waals surface area contributed by atoms with Crippen LogP contribution in [0.15, 0.2) is 24.3 Å². The fourth-order valence-corrected chi connectivity index (χ4v) is 1.68. The van der Waals surface area contributed by atoms with Crippen LogP contribution >= 0.6 is 0 Å². The summed E-state index contributed by atoms with van der Waals surface area (Å²) in [5.41, 5.74) is 7.08. The van der Waals surface area contributed by atoms with Crippen molar-refractivity contribution in [2.75, 3.05) is 12.8 Å². The standard InChI is InChI=1S/C14H20N2O3/c1-10(2)13(8-17)16(3)14(18)19-9-11-4-6-12(15)7-5-11/h4-8,10,13H,9,15H2,1-3H3. The SMILES string of the molecule is CC(C)C(C=O)N(C)C(=O)OCc1ccc(N)cc1. The second-order valence-electron chi connectivity index (χ2n) is 4.78. The summed E-state index contributed by atoms with van der Waals surface area (Å²) < 4.78 is 5.15. The van der Waals surface area contributed by atoms with Crippen LogP contribution in [0.25, 0.3) is 0 Å². The van der Waals surface area contributed by atoms with Crippen LogP contribution in [-0.2, 0) is 16.1 Å². The van der Waals surface area contributed by atoms with E-state index in [0.717, 1.165) is 11.8 Å². The van der Waals surface area contributed by atoms with E-state index in [0.29, 0.717) is 5.69 Å². The summed E-state index contributed by atoms with van der Waals surface area (Å²) in [6.07, 6.45) is 0.248. The first-order chi connectivity index (χ1) is 8.95. The summed E-state index contributed by atoms with van der Waals surface area (Å²) >= 11 is 0. The molecule has 1 aromatic rings. The number of amides is 1. The number of hydrogen-bond acceptors (Lipinski definition) is 4. The molecule has 2 N–H and O–H groups in total. The summed E-state index contributed by atoms with van der Waals surface area (Å²) in [5, 5.41) is 0. The normalized spacial score (nSPS) is 12.0. The van der Waals surface area contributed by atoms with Crippen LogP contribution in [0.4, 0.5) is 10.5 Å². The van der Waals surface area contributed by atoms with Crippen molar-refractivity contribution in [3.05, 3.63) is 29.8 Å². The van der Waals surface area contributed by atoms with Gasteiger partial charge < -0.3 is 20.2 Å². The third-order valence-electron chi connectivity index (χ3n) is 2.90. The van der Waals surface area contributed by atoms with E-state index in [-0.39, 0.29) is 12.5 Å². The third-order valence-corrected chi connectivity index (χ3v) is 2.90. The maximum absolute atomic E-state index is 11.8. The molecule has 5 nitrogen and oxygen atoms in total. The van der Waals surface area contributed by atoms with E-state index in [1.807, 2.05) is 13.8 Å². The number of nitrogens with zero attached hydrogens (tertiary/aromatic N) is 1. The molecule has 0 bridgehead atoms. The Morgan fingerprint density at radius 1 is 1.37 bits per heavy atom. The fraction of sp³-hybridized carbons (Fsp3) is 0.429. The van der Waals surface area contributed by atoms with Gasteiger partial charge in [0.15, 0.2) is 0 Å². The molecule has 0 radical (unpaired) electrons. The van der Waals surface area contributed by atoms with Crippen molar-refractivity contribution in [3.8, 4) is 0 Å². The van der Waals surface area contributed by atoms with E-state index in [4.69, 9.17) is 10.5 Å². The van der Waals surface area contributed by atoms with Crippen LogP contribution in [0.2, 0.25) is 0 Å². The van der Waals surface area contributed by atoms with Gasteiger partial charge in [0.05, 0.1) is 6.04 Å². The molecule has 1 amide bonds. The van der Waals surface area contributed by atoms with E-state index in [1.54, 1.807) is 31.3 Å². The number of carbonyl (C=O) groups is 2. The second kappa shape index (κ2) is 6.78. The first-order valence-corrected chi connectivity index (χ1v) is 6.15. The average Bonchev–Trinajstić information content (AvgIpc) is 2.38. The zero-order chi connectivity index (χ0) is 14.4. The molecule has 5 heteroatoms. The van der Waals surface area contributed by atoms with Gasteiger partial charge in [0, 0.05) is 12.7 Å². The van der Waals surface area contributed by atoms with Gasteiger partial charge in [-0.05, 0) is 23.6 Å². The van der Waals surface area contributed by atoms with Gasteiger partial charge in [-0.25, -0.2) is 4.79 Å². The van der Waals surface area contributed by atoms with Crippen molar-refractivity contribution in [2.24, 2.45) is 5.92 Å². The Morgan fingerprint density at radius 2 is 1.95 bits per heavy atom. The molecule has 0 aliphatic heterocycles. The summed E-state index contributed by atoms with van der Waals surface area (Å²) in [6, 6.07) is 6.61. The van der Waals surface area contributed by atoms with E-state index in [9.17, 15) is 9.59 Å². The van der Waals surface area contributed by atoms with E-state index < -0.39 is 12.1 Å². The summed E-state index contributed by atoms with van der Waals surface area (Å²) in [5.74, 6) is 0.0478. The predicted molar refractivity (Wildman–Crippen MR) is 73.5 cm³/mol. The Kier molecular flexibility index (Phi) is 5.36. The van der Waals surface area contributed by atoms with Crippen molar-refractivity contribution >= 4 is 18.1 Å². The molecule has 0 aliphatic carbocycles. The quantitative estimate of drug-likeness (QED) is 0.652. The number of carbonyl (C=O) groups excluding carboxylic acids is 2. The van der Waals surface area contributed by atoms with Crippen LogP contribution in [-0.4, -0.2) is 30.4 Å². The van der Waals surface area contributed by atoms with Gasteiger partial charge in [0.1, 0.15) is 12.9 Å². The largest absolute Gasteiger partial charge is 0.445 e. The van der Waals surface area contributed by atoms with Crippen LogP contribution in [0, 0.1) is 5.92 Å². The molecule has 0 heterocycles. The summed E-state index contributed by atoms with van der Waals surface area (Å²) in [4.78, 5) is 24.1. The summed E-state index contributed by atoms with van der Waals surface area (Å²) in [6.45, 7) is 3.92. The Hall–Kier alpha value is -2.04. The number of likely N-dealkylation sites (N-methyl/N-ethyl adjacent to an activating group) is 1. The second-order valence-corrected chi connectivity index (χ2v) is 4.78. The predicted octanol–water partition coefficient (Wildman–Crippen LogP) is 2.06. The van der Waals surface area contributed by atoms with Crippen LogP contribution in [0.5, 0.6) is 0 Å².